The summed E-state index contributed by atoms with van der Waals surface area (Å²) in [6.45, 7) is 3.87. The second-order valence-corrected chi connectivity index (χ2v) is 7.12. The minimum Gasteiger partial charge on any atom is -0.479 e. The smallest absolute Gasteiger partial charge is 0.289 e. The van der Waals surface area contributed by atoms with E-state index in [2.05, 4.69) is 0 Å². The minimum absolute atomic E-state index is 0.0282. The highest BCUT2D eigenvalue weighted by Crippen LogP contribution is 2.33. The Bertz CT molecular complexity index is 903. The normalized spacial score (nSPS) is 19.0. The van der Waals surface area contributed by atoms with Gasteiger partial charge in [-0.1, -0.05) is 12.1 Å². The van der Waals surface area contributed by atoms with Crippen molar-refractivity contribution in [2.45, 2.75) is 19.4 Å². The van der Waals surface area contributed by atoms with Crippen molar-refractivity contribution in [3.05, 3.63) is 48.4 Å². The van der Waals surface area contributed by atoms with Gasteiger partial charge >= 0.3 is 0 Å². The average Bonchev–Trinajstić information content (AvgIpc) is 3.28. The lowest BCUT2D eigenvalue weighted by molar-refractivity contribution is -0.132. The molecule has 1 atom stereocenters. The molecular formula is C21H23N3O5. The van der Waals surface area contributed by atoms with Gasteiger partial charge in [0.25, 0.3) is 11.8 Å². The zero-order chi connectivity index (χ0) is 20.4. The molecule has 1 aromatic carbocycles. The van der Waals surface area contributed by atoms with Crippen LogP contribution < -0.4 is 9.64 Å². The highest BCUT2D eigenvalue weighted by atomic mass is 16.5. The van der Waals surface area contributed by atoms with Crippen LogP contribution in [0.25, 0.3) is 0 Å². The minimum atomic E-state index is -0.573. The van der Waals surface area contributed by atoms with Gasteiger partial charge in [-0.25, -0.2) is 0 Å². The third-order valence-corrected chi connectivity index (χ3v) is 5.27. The predicted molar refractivity (Wildman–Crippen MR) is 105 cm³/mol. The fraction of sp³-hybridized carbons (Fsp3) is 0.381. The molecule has 0 radical (unpaired) electrons. The molecule has 4 rings (SSSR count). The summed E-state index contributed by atoms with van der Waals surface area (Å²) < 4.78 is 10.8. The summed E-state index contributed by atoms with van der Waals surface area (Å²) in [7, 11) is 0. The monoisotopic (exact) mass is 397 g/mol. The maximum Gasteiger partial charge on any atom is 0.289 e. The van der Waals surface area contributed by atoms with E-state index in [0.717, 1.165) is 0 Å². The Morgan fingerprint density at radius 3 is 2.48 bits per heavy atom. The van der Waals surface area contributed by atoms with E-state index in [9.17, 15) is 14.4 Å². The number of amides is 3. The molecule has 1 aromatic heterocycles. The van der Waals surface area contributed by atoms with Crippen molar-refractivity contribution < 1.29 is 23.5 Å². The van der Waals surface area contributed by atoms with E-state index >= 15 is 0 Å². The van der Waals surface area contributed by atoms with E-state index in [-0.39, 0.29) is 24.1 Å². The van der Waals surface area contributed by atoms with Crippen molar-refractivity contribution in [3.8, 4) is 5.75 Å². The zero-order valence-corrected chi connectivity index (χ0v) is 16.2. The first-order valence-electron chi connectivity index (χ1n) is 9.72. The van der Waals surface area contributed by atoms with Crippen LogP contribution in [0.2, 0.25) is 0 Å². The molecule has 0 unspecified atom stereocenters. The van der Waals surface area contributed by atoms with Gasteiger partial charge in [-0.3, -0.25) is 14.4 Å². The lowest BCUT2D eigenvalue weighted by Gasteiger charge is -2.36. The van der Waals surface area contributed by atoms with E-state index in [1.807, 2.05) is 24.3 Å². The van der Waals surface area contributed by atoms with Crippen molar-refractivity contribution in [2.75, 3.05) is 37.6 Å². The third-order valence-electron chi connectivity index (χ3n) is 5.27. The number of hydrogen-bond donors (Lipinski definition) is 0. The number of anilines is 1. The van der Waals surface area contributed by atoms with Crippen LogP contribution in [0, 0.1) is 0 Å². The van der Waals surface area contributed by atoms with Gasteiger partial charge in [-0.05, 0) is 31.2 Å². The van der Waals surface area contributed by atoms with Crippen molar-refractivity contribution >= 4 is 23.4 Å². The maximum atomic E-state index is 12.7. The van der Waals surface area contributed by atoms with Gasteiger partial charge in [0, 0.05) is 39.1 Å². The molecular weight excluding hydrogens is 374 g/mol. The van der Waals surface area contributed by atoms with Crippen LogP contribution in [-0.2, 0) is 9.59 Å². The number of nitrogens with zero attached hydrogens (tertiary/aromatic N) is 3. The summed E-state index contributed by atoms with van der Waals surface area (Å²) in [4.78, 5) is 42.6. The Morgan fingerprint density at radius 1 is 1.03 bits per heavy atom. The van der Waals surface area contributed by atoms with Crippen LogP contribution in [-0.4, -0.2) is 66.3 Å². The molecule has 0 spiro atoms. The van der Waals surface area contributed by atoms with Gasteiger partial charge in [0.15, 0.2) is 11.9 Å². The van der Waals surface area contributed by atoms with Crippen LogP contribution in [0.4, 0.5) is 5.69 Å². The number of piperazine rings is 1. The van der Waals surface area contributed by atoms with Gasteiger partial charge in [-0.15, -0.1) is 0 Å². The van der Waals surface area contributed by atoms with Crippen molar-refractivity contribution in [1.29, 1.82) is 0 Å². The number of hydrogen-bond acceptors (Lipinski definition) is 5. The molecule has 1 saturated heterocycles. The van der Waals surface area contributed by atoms with E-state index in [1.165, 1.54) is 6.26 Å². The van der Waals surface area contributed by atoms with Gasteiger partial charge in [0.2, 0.25) is 5.91 Å². The van der Waals surface area contributed by atoms with Gasteiger partial charge < -0.3 is 23.9 Å². The van der Waals surface area contributed by atoms with Gasteiger partial charge in [-0.2, -0.15) is 0 Å². The molecule has 0 bridgehead atoms. The maximum absolute atomic E-state index is 12.7. The molecule has 8 nitrogen and oxygen atoms in total. The second-order valence-electron chi connectivity index (χ2n) is 7.12. The molecule has 2 aliphatic rings. The number of rotatable bonds is 4. The molecule has 1 fully saturated rings. The molecule has 3 heterocycles. The topological polar surface area (TPSA) is 83.3 Å². The molecule has 2 aliphatic heterocycles. The highest BCUT2D eigenvalue weighted by Gasteiger charge is 2.32. The molecule has 0 saturated carbocycles. The molecule has 8 heteroatoms. The average molecular weight is 397 g/mol. The Hall–Kier alpha value is -3.29. The number of carbonyl (C=O) groups is 3. The van der Waals surface area contributed by atoms with Crippen molar-refractivity contribution in [2.24, 2.45) is 0 Å². The van der Waals surface area contributed by atoms with E-state index in [1.54, 1.807) is 33.8 Å². The summed E-state index contributed by atoms with van der Waals surface area (Å²) in [6, 6.07) is 10.7. The molecule has 3 amide bonds. The number of ether oxygens (including phenoxy) is 1. The first-order valence-corrected chi connectivity index (χ1v) is 9.72. The summed E-state index contributed by atoms with van der Waals surface area (Å²) in [5, 5.41) is 0. The first kappa shape index (κ1) is 19.0. The molecule has 0 N–H and O–H groups in total. The summed E-state index contributed by atoms with van der Waals surface area (Å²) in [5.41, 5.74) is 0.692. The number of fused-ring (bicyclic) bond motifs is 1. The zero-order valence-electron chi connectivity index (χ0n) is 16.2. The molecule has 29 heavy (non-hydrogen) atoms. The molecule has 152 valence electrons. The van der Waals surface area contributed by atoms with Gasteiger partial charge in [0.1, 0.15) is 5.75 Å². The van der Waals surface area contributed by atoms with E-state index < -0.39 is 6.10 Å². The van der Waals surface area contributed by atoms with Crippen LogP contribution in [0.1, 0.15) is 23.9 Å². The largest absolute Gasteiger partial charge is 0.479 e. The lowest BCUT2D eigenvalue weighted by atomic mass is 10.1. The lowest BCUT2D eigenvalue weighted by Crippen LogP contribution is -2.51. The van der Waals surface area contributed by atoms with Crippen LogP contribution >= 0.6 is 0 Å². The third kappa shape index (κ3) is 3.83. The van der Waals surface area contributed by atoms with E-state index in [4.69, 9.17) is 9.15 Å². The number of benzene rings is 1. The van der Waals surface area contributed by atoms with Crippen LogP contribution in [0.15, 0.2) is 47.1 Å². The first-order chi connectivity index (χ1) is 14.0. The van der Waals surface area contributed by atoms with E-state index in [0.29, 0.717) is 49.9 Å². The SMILES string of the molecule is C[C@@H]1Oc2ccccc2N(CCC(=O)N2CCN(C(=O)c3ccco3)CC2)C1=O. The quantitative estimate of drug-likeness (QED) is 0.785. The number of furan rings is 1. The summed E-state index contributed by atoms with van der Waals surface area (Å²) >= 11 is 0. The Balaban J connectivity index is 1.33. The summed E-state index contributed by atoms with van der Waals surface area (Å²) in [6.07, 6.45) is 1.12. The standard InChI is InChI=1S/C21H23N3O5/c1-15-20(26)24(16-5-2-3-6-17(16)29-15)9-8-19(25)22-10-12-23(13-11-22)21(27)18-7-4-14-28-18/h2-7,14-15H,8-13H2,1H3/t15-/m0/s1. The second kappa shape index (κ2) is 7.98. The van der Waals surface area contributed by atoms with Crippen molar-refractivity contribution in [1.82, 2.24) is 9.80 Å². The van der Waals surface area contributed by atoms with Crippen LogP contribution in [0.5, 0.6) is 5.75 Å². The molecule has 2 aromatic rings. The Morgan fingerprint density at radius 2 is 1.76 bits per heavy atom. The Kier molecular flexibility index (Phi) is 5.24. The van der Waals surface area contributed by atoms with Crippen LogP contribution in [0.3, 0.4) is 0 Å². The van der Waals surface area contributed by atoms with Crippen molar-refractivity contribution in [3.63, 3.8) is 0 Å². The number of carbonyl (C=O) groups excluding carboxylic acids is 3. The number of para-hydroxylation sites is 2. The molecule has 0 aliphatic carbocycles. The fourth-order valence-corrected chi connectivity index (χ4v) is 3.67. The summed E-state index contributed by atoms with van der Waals surface area (Å²) in [5.74, 6) is 0.622. The predicted octanol–water partition coefficient (Wildman–Crippen LogP) is 1.77. The fourth-order valence-electron chi connectivity index (χ4n) is 3.67. The Labute approximate surface area is 168 Å². The van der Waals surface area contributed by atoms with Gasteiger partial charge in [0.05, 0.1) is 12.0 Å². The highest BCUT2D eigenvalue weighted by molar-refractivity contribution is 6.00.